The lowest BCUT2D eigenvalue weighted by atomic mass is 10.4. The Bertz CT molecular complexity index is 491. The third kappa shape index (κ3) is 4.89. The Morgan fingerprint density at radius 3 is 2.47 bits per heavy atom. The highest BCUT2D eigenvalue weighted by Crippen LogP contribution is 2.12. The SMILES string of the molecule is CCCN(CC)CCNS(=O)(=O)c1ccccc1F. The van der Waals surface area contributed by atoms with Gasteiger partial charge in [0.1, 0.15) is 10.7 Å². The van der Waals surface area contributed by atoms with Crippen molar-refractivity contribution in [1.82, 2.24) is 9.62 Å². The minimum atomic E-state index is -3.76. The Morgan fingerprint density at radius 2 is 1.89 bits per heavy atom. The molecule has 0 saturated carbocycles. The lowest BCUT2D eigenvalue weighted by Crippen LogP contribution is -2.35. The van der Waals surface area contributed by atoms with Gasteiger partial charge in [0.15, 0.2) is 0 Å². The molecule has 108 valence electrons. The Morgan fingerprint density at radius 1 is 1.21 bits per heavy atom. The molecule has 6 heteroatoms. The van der Waals surface area contributed by atoms with E-state index in [0.717, 1.165) is 25.6 Å². The molecule has 0 bridgehead atoms. The topological polar surface area (TPSA) is 49.4 Å². The van der Waals surface area contributed by atoms with Gasteiger partial charge < -0.3 is 4.90 Å². The molecule has 0 radical (unpaired) electrons. The number of nitrogens with one attached hydrogen (secondary N) is 1. The van der Waals surface area contributed by atoms with E-state index in [-0.39, 0.29) is 11.4 Å². The third-order valence-electron chi connectivity index (χ3n) is 2.83. The number of sulfonamides is 1. The molecule has 0 unspecified atom stereocenters. The maximum atomic E-state index is 13.4. The fourth-order valence-electron chi connectivity index (χ4n) is 1.82. The van der Waals surface area contributed by atoms with Crippen LogP contribution in [-0.2, 0) is 10.0 Å². The van der Waals surface area contributed by atoms with E-state index < -0.39 is 15.8 Å². The van der Waals surface area contributed by atoms with E-state index in [1.54, 1.807) is 0 Å². The summed E-state index contributed by atoms with van der Waals surface area (Å²) < 4.78 is 39.7. The quantitative estimate of drug-likeness (QED) is 0.794. The fourth-order valence-corrected chi connectivity index (χ4v) is 2.92. The molecule has 0 fully saturated rings. The Hall–Kier alpha value is -0.980. The standard InChI is InChI=1S/C13H21FN2O2S/c1-3-10-16(4-2)11-9-15-19(17,18)13-8-6-5-7-12(13)14/h5-8,15H,3-4,9-11H2,1-2H3. The molecular formula is C13H21FN2O2S. The maximum absolute atomic E-state index is 13.4. The minimum Gasteiger partial charge on any atom is -0.302 e. The Kier molecular flexibility index (Phi) is 6.41. The highest BCUT2D eigenvalue weighted by atomic mass is 32.2. The summed E-state index contributed by atoms with van der Waals surface area (Å²) in [5.41, 5.74) is 0. The molecule has 0 aromatic heterocycles. The van der Waals surface area contributed by atoms with Gasteiger partial charge in [-0.1, -0.05) is 26.0 Å². The fraction of sp³-hybridized carbons (Fsp3) is 0.538. The van der Waals surface area contributed by atoms with Crippen molar-refractivity contribution in [1.29, 1.82) is 0 Å². The van der Waals surface area contributed by atoms with Gasteiger partial charge in [-0.05, 0) is 31.6 Å². The van der Waals surface area contributed by atoms with Crippen molar-refractivity contribution in [2.45, 2.75) is 25.2 Å². The van der Waals surface area contributed by atoms with Crippen LogP contribution in [0.5, 0.6) is 0 Å². The number of hydrogen-bond acceptors (Lipinski definition) is 3. The van der Waals surface area contributed by atoms with Crippen molar-refractivity contribution in [2.24, 2.45) is 0 Å². The van der Waals surface area contributed by atoms with E-state index in [4.69, 9.17) is 0 Å². The van der Waals surface area contributed by atoms with E-state index >= 15 is 0 Å². The predicted octanol–water partition coefficient (Wildman–Crippen LogP) is 1.84. The zero-order chi connectivity index (χ0) is 14.3. The van der Waals surface area contributed by atoms with Crippen LogP contribution in [-0.4, -0.2) is 39.5 Å². The van der Waals surface area contributed by atoms with E-state index in [9.17, 15) is 12.8 Å². The summed E-state index contributed by atoms with van der Waals surface area (Å²) in [6.45, 7) is 6.81. The summed E-state index contributed by atoms with van der Waals surface area (Å²) >= 11 is 0. The third-order valence-corrected chi connectivity index (χ3v) is 4.33. The van der Waals surface area contributed by atoms with Gasteiger partial charge in [-0.2, -0.15) is 0 Å². The van der Waals surface area contributed by atoms with Crippen LogP contribution in [0.3, 0.4) is 0 Å². The van der Waals surface area contributed by atoms with Gasteiger partial charge in [0.2, 0.25) is 10.0 Å². The molecule has 4 nitrogen and oxygen atoms in total. The zero-order valence-corrected chi connectivity index (χ0v) is 12.2. The first kappa shape index (κ1) is 16.1. The number of rotatable bonds is 8. The molecule has 0 heterocycles. The molecule has 1 aromatic rings. The first-order valence-electron chi connectivity index (χ1n) is 6.47. The first-order valence-corrected chi connectivity index (χ1v) is 7.96. The normalized spacial score (nSPS) is 12.0. The van der Waals surface area contributed by atoms with Crippen LogP contribution in [0.2, 0.25) is 0 Å². The minimum absolute atomic E-state index is 0.282. The number of benzene rings is 1. The predicted molar refractivity (Wildman–Crippen MR) is 74.0 cm³/mol. The van der Waals surface area contributed by atoms with E-state index in [1.807, 2.05) is 6.92 Å². The molecule has 1 rings (SSSR count). The number of hydrogen-bond donors (Lipinski definition) is 1. The van der Waals surface area contributed by atoms with Gasteiger partial charge in [0.05, 0.1) is 0 Å². The maximum Gasteiger partial charge on any atom is 0.243 e. The van der Waals surface area contributed by atoms with Crippen molar-refractivity contribution in [3.8, 4) is 0 Å². The molecule has 19 heavy (non-hydrogen) atoms. The zero-order valence-electron chi connectivity index (χ0n) is 11.4. The highest BCUT2D eigenvalue weighted by molar-refractivity contribution is 7.89. The van der Waals surface area contributed by atoms with Crippen LogP contribution in [0.4, 0.5) is 4.39 Å². The number of nitrogens with zero attached hydrogens (tertiary/aromatic N) is 1. The van der Waals surface area contributed by atoms with Crippen molar-refractivity contribution in [3.63, 3.8) is 0 Å². The van der Waals surface area contributed by atoms with Crippen molar-refractivity contribution < 1.29 is 12.8 Å². The summed E-state index contributed by atoms with van der Waals surface area (Å²) in [6.07, 6.45) is 1.02. The molecule has 1 N–H and O–H groups in total. The average molecular weight is 288 g/mol. The van der Waals surface area contributed by atoms with Crippen LogP contribution >= 0.6 is 0 Å². The molecule has 0 saturated heterocycles. The van der Waals surface area contributed by atoms with Gasteiger partial charge in [0.25, 0.3) is 0 Å². The summed E-state index contributed by atoms with van der Waals surface area (Å²) in [5.74, 6) is -0.726. The molecule has 0 spiro atoms. The Balaban J connectivity index is 2.59. The summed E-state index contributed by atoms with van der Waals surface area (Å²) in [6, 6.07) is 5.38. The largest absolute Gasteiger partial charge is 0.302 e. The van der Waals surface area contributed by atoms with Gasteiger partial charge >= 0.3 is 0 Å². The van der Waals surface area contributed by atoms with Gasteiger partial charge in [-0.25, -0.2) is 17.5 Å². The molecule has 0 aliphatic carbocycles. The average Bonchev–Trinajstić information content (AvgIpc) is 2.38. The van der Waals surface area contributed by atoms with Crippen molar-refractivity contribution >= 4 is 10.0 Å². The van der Waals surface area contributed by atoms with Crippen molar-refractivity contribution in [2.75, 3.05) is 26.2 Å². The van der Waals surface area contributed by atoms with Gasteiger partial charge in [-0.15, -0.1) is 0 Å². The second-order valence-electron chi connectivity index (χ2n) is 4.26. The van der Waals surface area contributed by atoms with Crippen LogP contribution in [0.25, 0.3) is 0 Å². The lowest BCUT2D eigenvalue weighted by molar-refractivity contribution is 0.293. The summed E-state index contributed by atoms with van der Waals surface area (Å²) in [5, 5.41) is 0. The molecule has 0 amide bonds. The van der Waals surface area contributed by atoms with E-state index in [2.05, 4.69) is 16.5 Å². The van der Waals surface area contributed by atoms with Crippen LogP contribution < -0.4 is 4.72 Å². The molecule has 0 aliphatic heterocycles. The van der Waals surface area contributed by atoms with Crippen molar-refractivity contribution in [3.05, 3.63) is 30.1 Å². The highest BCUT2D eigenvalue weighted by Gasteiger charge is 2.17. The molecule has 0 atom stereocenters. The van der Waals surface area contributed by atoms with Crippen LogP contribution in [0.15, 0.2) is 29.2 Å². The Labute approximate surface area is 114 Å². The second kappa shape index (κ2) is 7.57. The molecule has 0 aliphatic rings. The first-order chi connectivity index (χ1) is 9.01. The molecular weight excluding hydrogens is 267 g/mol. The summed E-state index contributed by atoms with van der Waals surface area (Å²) in [7, 11) is -3.76. The van der Waals surface area contributed by atoms with Crippen LogP contribution in [0.1, 0.15) is 20.3 Å². The number of halogens is 1. The lowest BCUT2D eigenvalue weighted by Gasteiger charge is -2.19. The monoisotopic (exact) mass is 288 g/mol. The van der Waals surface area contributed by atoms with E-state index in [0.29, 0.717) is 6.54 Å². The van der Waals surface area contributed by atoms with Crippen LogP contribution in [0, 0.1) is 5.82 Å². The van der Waals surface area contributed by atoms with E-state index in [1.165, 1.54) is 18.2 Å². The molecule has 1 aromatic carbocycles. The smallest absolute Gasteiger partial charge is 0.243 e. The summed E-state index contributed by atoms with van der Waals surface area (Å²) in [4.78, 5) is 1.85. The van der Waals surface area contributed by atoms with Gasteiger partial charge in [0, 0.05) is 13.1 Å². The second-order valence-corrected chi connectivity index (χ2v) is 6.00. The number of likely N-dealkylation sites (N-methyl/N-ethyl adjacent to an activating group) is 1. The van der Waals surface area contributed by atoms with Gasteiger partial charge in [-0.3, -0.25) is 0 Å².